The quantitative estimate of drug-likeness (QED) is 0.782. The Kier molecular flexibility index (Phi) is 5.61. The fourth-order valence-electron chi connectivity index (χ4n) is 1.82. The fraction of sp³-hybridized carbons (Fsp3) is 0.200. The van der Waals surface area contributed by atoms with Gasteiger partial charge in [-0.25, -0.2) is 4.39 Å². The van der Waals surface area contributed by atoms with Gasteiger partial charge >= 0.3 is 0 Å². The molecular weight excluding hydrogens is 405 g/mol. The molecule has 0 aliphatic heterocycles. The Hall–Kier alpha value is -1.11. The highest BCUT2D eigenvalue weighted by Crippen LogP contribution is 2.37. The zero-order valence-electron chi connectivity index (χ0n) is 11.3. The molecule has 3 nitrogen and oxygen atoms in total. The highest BCUT2D eigenvalue weighted by molar-refractivity contribution is 9.10. The van der Waals surface area contributed by atoms with Crippen molar-refractivity contribution in [2.24, 2.45) is 5.73 Å². The van der Waals surface area contributed by atoms with Gasteiger partial charge in [-0.2, -0.15) is 0 Å². The summed E-state index contributed by atoms with van der Waals surface area (Å²) in [6, 6.07) is 8.51. The van der Waals surface area contributed by atoms with Gasteiger partial charge < -0.3 is 15.2 Å². The predicted octanol–water partition coefficient (Wildman–Crippen LogP) is 4.40. The lowest BCUT2D eigenvalue weighted by atomic mass is 10.2. The molecule has 2 rings (SSSR count). The lowest BCUT2D eigenvalue weighted by molar-refractivity contribution is 0.277. The monoisotopic (exact) mass is 417 g/mol. The highest BCUT2D eigenvalue weighted by atomic mass is 79.9. The van der Waals surface area contributed by atoms with Crippen LogP contribution >= 0.6 is 31.9 Å². The molecule has 0 saturated carbocycles. The average Bonchev–Trinajstić information content (AvgIpc) is 2.46. The molecule has 0 unspecified atom stereocenters. The normalized spacial score (nSPS) is 10.5. The zero-order valence-corrected chi connectivity index (χ0v) is 14.5. The van der Waals surface area contributed by atoms with Gasteiger partial charge in [-0.15, -0.1) is 0 Å². The average molecular weight is 419 g/mol. The third-order valence-corrected chi connectivity index (χ3v) is 3.99. The van der Waals surface area contributed by atoms with Crippen LogP contribution in [0.4, 0.5) is 4.39 Å². The predicted molar refractivity (Wildman–Crippen MR) is 87.0 cm³/mol. The van der Waals surface area contributed by atoms with E-state index in [2.05, 4.69) is 31.9 Å². The molecule has 2 aromatic rings. The number of benzene rings is 2. The summed E-state index contributed by atoms with van der Waals surface area (Å²) in [5.41, 5.74) is 7.01. The van der Waals surface area contributed by atoms with E-state index < -0.39 is 0 Å². The van der Waals surface area contributed by atoms with Crippen LogP contribution in [0.2, 0.25) is 0 Å². The van der Waals surface area contributed by atoms with E-state index in [9.17, 15) is 4.39 Å². The second-order valence-electron chi connectivity index (χ2n) is 4.34. The third kappa shape index (κ3) is 3.96. The van der Waals surface area contributed by atoms with E-state index in [0.29, 0.717) is 28.1 Å². The van der Waals surface area contributed by atoms with Crippen molar-refractivity contribution in [2.75, 3.05) is 7.11 Å². The van der Waals surface area contributed by atoms with Crippen LogP contribution in [-0.4, -0.2) is 7.11 Å². The summed E-state index contributed by atoms with van der Waals surface area (Å²) in [7, 11) is 1.55. The lowest BCUT2D eigenvalue weighted by Gasteiger charge is -2.14. The van der Waals surface area contributed by atoms with Crippen molar-refractivity contribution in [3.63, 3.8) is 0 Å². The van der Waals surface area contributed by atoms with E-state index in [1.54, 1.807) is 25.3 Å². The van der Waals surface area contributed by atoms with Gasteiger partial charge in [0.25, 0.3) is 0 Å². The molecule has 112 valence electrons. The number of hydrogen-bond acceptors (Lipinski definition) is 3. The van der Waals surface area contributed by atoms with E-state index in [1.165, 1.54) is 6.07 Å². The van der Waals surface area contributed by atoms with Gasteiger partial charge in [0.2, 0.25) is 0 Å². The molecule has 0 atom stereocenters. The molecule has 0 fully saturated rings. The molecule has 2 N–H and O–H groups in total. The van der Waals surface area contributed by atoms with Gasteiger partial charge in [0.05, 0.1) is 11.6 Å². The first-order valence-electron chi connectivity index (χ1n) is 6.18. The van der Waals surface area contributed by atoms with E-state index in [1.807, 2.05) is 6.07 Å². The summed E-state index contributed by atoms with van der Waals surface area (Å²) in [5.74, 6) is 0.761. The van der Waals surface area contributed by atoms with Crippen molar-refractivity contribution < 1.29 is 13.9 Å². The second kappa shape index (κ2) is 7.24. The van der Waals surface area contributed by atoms with Crippen molar-refractivity contribution in [1.29, 1.82) is 0 Å². The SMILES string of the molecule is COc1cc(CN)cc(Br)c1OCc1ccc(Br)cc1F. The molecule has 0 amide bonds. The Bertz CT molecular complexity index is 650. The standard InChI is InChI=1S/C15H14Br2FNO2/c1-20-14-5-9(7-19)4-12(17)15(14)21-8-10-2-3-11(16)6-13(10)18/h2-6H,7-8,19H2,1H3. The number of nitrogens with two attached hydrogens (primary N) is 1. The fourth-order valence-corrected chi connectivity index (χ4v) is 2.76. The first-order valence-corrected chi connectivity index (χ1v) is 7.77. The number of methoxy groups -OCH3 is 1. The molecule has 0 spiro atoms. The topological polar surface area (TPSA) is 44.5 Å². The molecule has 2 aromatic carbocycles. The summed E-state index contributed by atoms with van der Waals surface area (Å²) in [6.45, 7) is 0.507. The Morgan fingerprint density at radius 2 is 1.95 bits per heavy atom. The Morgan fingerprint density at radius 1 is 1.19 bits per heavy atom. The molecule has 6 heteroatoms. The molecule has 21 heavy (non-hydrogen) atoms. The molecule has 0 aliphatic rings. The molecular formula is C15H14Br2FNO2. The maximum Gasteiger partial charge on any atom is 0.175 e. The van der Waals surface area contributed by atoms with Crippen LogP contribution in [0.25, 0.3) is 0 Å². The minimum atomic E-state index is -0.321. The van der Waals surface area contributed by atoms with Gasteiger partial charge in [-0.05, 0) is 45.8 Å². The minimum absolute atomic E-state index is 0.107. The first-order chi connectivity index (χ1) is 10.0. The first kappa shape index (κ1) is 16.3. The molecule has 0 bridgehead atoms. The van der Waals surface area contributed by atoms with Crippen molar-refractivity contribution in [3.8, 4) is 11.5 Å². The summed E-state index contributed by atoms with van der Waals surface area (Å²) >= 11 is 6.64. The summed E-state index contributed by atoms with van der Waals surface area (Å²) in [6.07, 6.45) is 0. The van der Waals surface area contributed by atoms with Crippen LogP contribution in [-0.2, 0) is 13.2 Å². The third-order valence-electron chi connectivity index (χ3n) is 2.91. The van der Waals surface area contributed by atoms with Crippen molar-refractivity contribution >= 4 is 31.9 Å². The number of ether oxygens (including phenoxy) is 2. The van der Waals surface area contributed by atoms with Gasteiger partial charge in [-0.3, -0.25) is 0 Å². The van der Waals surface area contributed by atoms with Gasteiger partial charge in [0.15, 0.2) is 11.5 Å². The van der Waals surface area contributed by atoms with Crippen LogP contribution in [0.3, 0.4) is 0 Å². The van der Waals surface area contributed by atoms with Gasteiger partial charge in [-0.1, -0.05) is 22.0 Å². The lowest BCUT2D eigenvalue weighted by Crippen LogP contribution is -2.03. The Balaban J connectivity index is 2.23. The van der Waals surface area contributed by atoms with E-state index in [-0.39, 0.29) is 12.4 Å². The largest absolute Gasteiger partial charge is 0.493 e. The molecule has 0 radical (unpaired) electrons. The van der Waals surface area contributed by atoms with Crippen LogP contribution < -0.4 is 15.2 Å². The number of hydrogen-bond donors (Lipinski definition) is 1. The van der Waals surface area contributed by atoms with E-state index >= 15 is 0 Å². The molecule has 0 aliphatic carbocycles. The van der Waals surface area contributed by atoms with Crippen LogP contribution in [0.5, 0.6) is 11.5 Å². The smallest absolute Gasteiger partial charge is 0.175 e. The second-order valence-corrected chi connectivity index (χ2v) is 6.11. The summed E-state index contributed by atoms with van der Waals surface area (Å²) < 4.78 is 26.2. The van der Waals surface area contributed by atoms with Gasteiger partial charge in [0.1, 0.15) is 12.4 Å². The van der Waals surface area contributed by atoms with Crippen molar-refractivity contribution in [2.45, 2.75) is 13.2 Å². The van der Waals surface area contributed by atoms with E-state index in [0.717, 1.165) is 10.0 Å². The summed E-state index contributed by atoms with van der Waals surface area (Å²) in [5, 5.41) is 0. The Morgan fingerprint density at radius 3 is 2.57 bits per heavy atom. The van der Waals surface area contributed by atoms with Crippen LogP contribution in [0, 0.1) is 5.82 Å². The Labute approximate surface area is 139 Å². The summed E-state index contributed by atoms with van der Waals surface area (Å²) in [4.78, 5) is 0. The number of halogens is 3. The maximum atomic E-state index is 13.8. The van der Waals surface area contributed by atoms with Crippen LogP contribution in [0.15, 0.2) is 39.3 Å². The molecule has 0 aromatic heterocycles. The molecule has 0 heterocycles. The zero-order chi connectivity index (χ0) is 15.4. The maximum absolute atomic E-state index is 13.8. The van der Waals surface area contributed by atoms with Crippen molar-refractivity contribution in [3.05, 3.63) is 56.2 Å². The van der Waals surface area contributed by atoms with Gasteiger partial charge in [0, 0.05) is 16.6 Å². The highest BCUT2D eigenvalue weighted by Gasteiger charge is 2.12. The van der Waals surface area contributed by atoms with E-state index in [4.69, 9.17) is 15.2 Å². The molecule has 0 saturated heterocycles. The minimum Gasteiger partial charge on any atom is -0.493 e. The number of rotatable bonds is 5. The van der Waals surface area contributed by atoms with Crippen molar-refractivity contribution in [1.82, 2.24) is 0 Å². The van der Waals surface area contributed by atoms with Crippen LogP contribution in [0.1, 0.15) is 11.1 Å².